The molecule has 29 heavy (non-hydrogen) atoms. The fourth-order valence-electron chi connectivity index (χ4n) is 3.09. The quantitative estimate of drug-likeness (QED) is 0.482. The molecule has 9 nitrogen and oxygen atoms in total. The number of aryl methyl sites for hydroxylation is 2. The summed E-state index contributed by atoms with van der Waals surface area (Å²) in [6, 6.07) is 5.55. The first-order valence-corrected chi connectivity index (χ1v) is 11.9. The summed E-state index contributed by atoms with van der Waals surface area (Å²) < 4.78 is 30.2. The summed E-state index contributed by atoms with van der Waals surface area (Å²) in [5.74, 6) is 7.13. The first-order valence-electron chi connectivity index (χ1n) is 9.22. The Morgan fingerprint density at radius 3 is 2.69 bits per heavy atom. The van der Waals surface area contributed by atoms with Crippen LogP contribution < -0.4 is 15.9 Å². The van der Waals surface area contributed by atoms with Crippen molar-refractivity contribution in [3.8, 4) is 5.75 Å². The number of aromatic nitrogens is 3. The molecule has 1 amide bonds. The molecule has 1 aliphatic heterocycles. The van der Waals surface area contributed by atoms with Gasteiger partial charge in [0, 0.05) is 6.04 Å². The van der Waals surface area contributed by atoms with Gasteiger partial charge in [-0.15, -0.1) is 10.2 Å². The van der Waals surface area contributed by atoms with E-state index in [2.05, 4.69) is 15.5 Å². The summed E-state index contributed by atoms with van der Waals surface area (Å²) in [5, 5.41) is 10.8. The van der Waals surface area contributed by atoms with Crippen LogP contribution >= 0.6 is 11.8 Å². The number of carbonyl (C=O) groups excluding carboxylic acids is 1. The number of nitrogen functional groups attached to an aromatic ring is 1. The molecule has 2 heterocycles. The Kier molecular flexibility index (Phi) is 6.37. The molecule has 1 aromatic carbocycles. The molecule has 1 saturated heterocycles. The van der Waals surface area contributed by atoms with Crippen LogP contribution in [0.2, 0.25) is 0 Å². The number of nitrogens with zero attached hydrogens (tertiary/aromatic N) is 3. The smallest absolute Gasteiger partial charge is 0.233 e. The third kappa shape index (κ3) is 5.21. The molecule has 2 atom stereocenters. The van der Waals surface area contributed by atoms with E-state index in [0.29, 0.717) is 17.4 Å². The average molecular weight is 440 g/mol. The monoisotopic (exact) mass is 439 g/mol. The zero-order valence-electron chi connectivity index (χ0n) is 16.6. The maximum absolute atomic E-state index is 12.4. The Labute approximate surface area is 174 Å². The zero-order valence-corrected chi connectivity index (χ0v) is 18.2. The number of nitrogens with two attached hydrogens (primary N) is 1. The maximum Gasteiger partial charge on any atom is 0.233 e. The number of amides is 1. The number of rotatable bonds is 7. The highest BCUT2D eigenvalue weighted by molar-refractivity contribution is 8.00. The minimum Gasteiger partial charge on any atom is -0.485 e. The number of para-hydroxylation sites is 1. The highest BCUT2D eigenvalue weighted by Crippen LogP contribution is 2.25. The molecule has 0 radical (unpaired) electrons. The van der Waals surface area contributed by atoms with E-state index >= 15 is 0 Å². The van der Waals surface area contributed by atoms with Crippen molar-refractivity contribution in [2.75, 3.05) is 17.3 Å². The predicted molar refractivity (Wildman–Crippen MR) is 111 cm³/mol. The van der Waals surface area contributed by atoms with Crippen molar-refractivity contribution < 1.29 is 17.9 Å². The van der Waals surface area contributed by atoms with Gasteiger partial charge in [-0.1, -0.05) is 30.0 Å². The minimum absolute atomic E-state index is 0.0109. The first-order chi connectivity index (χ1) is 13.7. The summed E-state index contributed by atoms with van der Waals surface area (Å²) in [6.07, 6.45) is 0.443. The van der Waals surface area contributed by atoms with Crippen LogP contribution in [0.5, 0.6) is 5.75 Å². The summed E-state index contributed by atoms with van der Waals surface area (Å²) in [5.41, 5.74) is 2.03. The van der Waals surface area contributed by atoms with Crippen LogP contribution in [0.3, 0.4) is 0 Å². The second kappa shape index (κ2) is 8.62. The van der Waals surface area contributed by atoms with Crippen molar-refractivity contribution in [3.05, 3.63) is 35.2 Å². The van der Waals surface area contributed by atoms with Crippen molar-refractivity contribution in [3.63, 3.8) is 0 Å². The lowest BCUT2D eigenvalue weighted by atomic mass is 10.1. The van der Waals surface area contributed by atoms with Crippen LogP contribution in [0.25, 0.3) is 0 Å². The van der Waals surface area contributed by atoms with Gasteiger partial charge in [-0.2, -0.15) is 0 Å². The molecule has 0 spiro atoms. The summed E-state index contributed by atoms with van der Waals surface area (Å²) in [7, 11) is -3.05. The molecule has 0 saturated carbocycles. The molecule has 11 heteroatoms. The van der Waals surface area contributed by atoms with Crippen LogP contribution in [-0.4, -0.2) is 52.0 Å². The number of hydrogen-bond donors (Lipinski definition) is 2. The van der Waals surface area contributed by atoms with Crippen molar-refractivity contribution >= 4 is 27.5 Å². The molecule has 2 aromatic rings. The van der Waals surface area contributed by atoms with E-state index in [4.69, 9.17) is 10.6 Å². The molecule has 0 aliphatic carbocycles. The van der Waals surface area contributed by atoms with Gasteiger partial charge < -0.3 is 15.9 Å². The van der Waals surface area contributed by atoms with Crippen LogP contribution in [0.4, 0.5) is 0 Å². The molecule has 1 aliphatic rings. The van der Waals surface area contributed by atoms with Crippen molar-refractivity contribution in [2.45, 2.75) is 50.2 Å². The number of thioether (sulfide) groups is 1. The summed E-state index contributed by atoms with van der Waals surface area (Å²) in [4.78, 5) is 12.4. The molecule has 0 bridgehead atoms. The summed E-state index contributed by atoms with van der Waals surface area (Å²) in [6.45, 7) is 5.79. The number of sulfone groups is 1. The number of ether oxygens (including phenoxy) is 1. The van der Waals surface area contributed by atoms with Gasteiger partial charge >= 0.3 is 0 Å². The van der Waals surface area contributed by atoms with E-state index < -0.39 is 15.1 Å². The van der Waals surface area contributed by atoms with Gasteiger partial charge in [-0.25, -0.2) is 13.1 Å². The van der Waals surface area contributed by atoms with Crippen molar-refractivity contribution in [2.24, 2.45) is 0 Å². The van der Waals surface area contributed by atoms with E-state index in [1.54, 1.807) is 6.92 Å². The lowest BCUT2D eigenvalue weighted by molar-refractivity contribution is -0.120. The normalized spacial score (nSPS) is 19.1. The van der Waals surface area contributed by atoms with Gasteiger partial charge in [-0.3, -0.25) is 4.79 Å². The van der Waals surface area contributed by atoms with Crippen LogP contribution in [-0.2, 0) is 21.2 Å². The van der Waals surface area contributed by atoms with E-state index in [1.165, 1.54) is 4.68 Å². The van der Waals surface area contributed by atoms with E-state index in [-0.39, 0.29) is 30.1 Å². The van der Waals surface area contributed by atoms with Crippen LogP contribution in [0.1, 0.15) is 30.3 Å². The van der Waals surface area contributed by atoms with Crippen molar-refractivity contribution in [1.29, 1.82) is 0 Å². The van der Waals surface area contributed by atoms with E-state index in [1.807, 2.05) is 32.0 Å². The summed E-state index contributed by atoms with van der Waals surface area (Å²) >= 11 is 1.16. The lowest BCUT2D eigenvalue weighted by Gasteiger charge is -2.15. The highest BCUT2D eigenvalue weighted by Gasteiger charge is 2.30. The van der Waals surface area contributed by atoms with Crippen LogP contribution in [0.15, 0.2) is 23.4 Å². The second-order valence-corrected chi connectivity index (χ2v) is 10.7. The largest absolute Gasteiger partial charge is 0.485 e. The molecule has 3 rings (SSSR count). The average Bonchev–Trinajstić information content (AvgIpc) is 3.16. The first kappa shape index (κ1) is 21.4. The molecule has 158 valence electrons. The Morgan fingerprint density at radius 2 is 2.07 bits per heavy atom. The number of hydrogen-bond acceptors (Lipinski definition) is 8. The van der Waals surface area contributed by atoms with Gasteiger partial charge in [0.1, 0.15) is 12.4 Å². The zero-order chi connectivity index (χ0) is 21.2. The number of nitrogens with one attached hydrogen (secondary N) is 1. The lowest BCUT2D eigenvalue weighted by Crippen LogP contribution is -2.40. The Bertz CT molecular complexity index is 985. The molecule has 0 unspecified atom stereocenters. The number of benzene rings is 1. The van der Waals surface area contributed by atoms with Crippen molar-refractivity contribution in [1.82, 2.24) is 20.2 Å². The minimum atomic E-state index is -3.05. The molecule has 1 aromatic heterocycles. The standard InChI is InChI=1S/C18H25N5O4S2/c1-11-5-4-6-12(2)16(11)27-9-15-21-22-18(23(15)19)28-13(3)17(24)20-14-7-8-29(25,26)10-14/h4-6,13-14H,7-10,19H2,1-3H3,(H,20,24)/t13-,14-/m1/s1. The molecular weight excluding hydrogens is 414 g/mol. The van der Waals surface area contributed by atoms with Crippen LogP contribution in [0, 0.1) is 13.8 Å². The topological polar surface area (TPSA) is 129 Å². The van der Waals surface area contributed by atoms with Gasteiger partial charge in [0.25, 0.3) is 0 Å². The Morgan fingerprint density at radius 1 is 1.38 bits per heavy atom. The second-order valence-electron chi connectivity index (χ2n) is 7.15. The fourth-order valence-corrected chi connectivity index (χ4v) is 5.56. The van der Waals surface area contributed by atoms with Gasteiger partial charge in [0.2, 0.25) is 11.1 Å². The van der Waals surface area contributed by atoms with E-state index in [0.717, 1.165) is 28.6 Å². The molecular formula is C18H25N5O4S2. The van der Waals surface area contributed by atoms with Gasteiger partial charge in [0.15, 0.2) is 15.7 Å². The van der Waals surface area contributed by atoms with Gasteiger partial charge in [-0.05, 0) is 38.3 Å². The fraction of sp³-hybridized carbons (Fsp3) is 0.500. The van der Waals surface area contributed by atoms with Gasteiger partial charge in [0.05, 0.1) is 16.8 Å². The molecule has 3 N–H and O–H groups in total. The molecule has 1 fully saturated rings. The predicted octanol–water partition coefficient (Wildman–Crippen LogP) is 0.972. The highest BCUT2D eigenvalue weighted by atomic mass is 32.2. The maximum atomic E-state index is 12.4. The SMILES string of the molecule is Cc1cccc(C)c1OCc1nnc(S[C@H](C)C(=O)N[C@@H]2CCS(=O)(=O)C2)n1N. The Hall–Kier alpha value is -2.27. The number of carbonyl (C=O) groups is 1. The Balaban J connectivity index is 1.58. The third-order valence-electron chi connectivity index (χ3n) is 4.72. The third-order valence-corrected chi connectivity index (χ3v) is 7.54. The van der Waals surface area contributed by atoms with E-state index in [9.17, 15) is 13.2 Å².